The Balaban J connectivity index is 1.62. The highest BCUT2D eigenvalue weighted by Gasteiger charge is 2.24. The zero-order chi connectivity index (χ0) is 22.9. The lowest BCUT2D eigenvalue weighted by atomic mass is 9.96. The number of nitrogens with one attached hydrogen (secondary N) is 2. The second kappa shape index (κ2) is 11.5. The number of benzene rings is 1. The van der Waals surface area contributed by atoms with Gasteiger partial charge in [0.05, 0.1) is 6.54 Å². The van der Waals surface area contributed by atoms with Gasteiger partial charge in [0, 0.05) is 43.9 Å². The van der Waals surface area contributed by atoms with Crippen molar-refractivity contribution in [3.8, 4) is 0 Å². The zero-order valence-electron chi connectivity index (χ0n) is 18.9. The number of nitrogens with zero attached hydrogens (tertiary/aromatic N) is 3. The average molecular weight is 441 g/mol. The van der Waals surface area contributed by atoms with Crippen LogP contribution in [0.25, 0.3) is 0 Å². The van der Waals surface area contributed by atoms with E-state index in [4.69, 9.17) is 10.7 Å². The number of amides is 1. The lowest BCUT2D eigenvalue weighted by Gasteiger charge is -2.32. The van der Waals surface area contributed by atoms with Crippen molar-refractivity contribution in [3.63, 3.8) is 0 Å². The molecule has 1 aromatic heterocycles. The van der Waals surface area contributed by atoms with E-state index in [1.165, 1.54) is 6.07 Å². The van der Waals surface area contributed by atoms with Gasteiger partial charge in [0.1, 0.15) is 11.6 Å². The summed E-state index contributed by atoms with van der Waals surface area (Å²) in [6, 6.07) is 8.85. The molecule has 1 aliphatic heterocycles. The van der Waals surface area contributed by atoms with Gasteiger partial charge in [-0.3, -0.25) is 4.79 Å². The third kappa shape index (κ3) is 6.42. The quantitative estimate of drug-likeness (QED) is 0.433. The molecule has 0 radical (unpaired) electrons. The first-order valence-electron chi connectivity index (χ1n) is 11.2. The first-order valence-corrected chi connectivity index (χ1v) is 11.2. The van der Waals surface area contributed by atoms with Gasteiger partial charge in [-0.05, 0) is 62.4 Å². The van der Waals surface area contributed by atoms with Gasteiger partial charge in [-0.1, -0.05) is 12.1 Å². The molecule has 8 heteroatoms. The van der Waals surface area contributed by atoms with Crippen LogP contribution in [0.1, 0.15) is 36.5 Å². The van der Waals surface area contributed by atoms with E-state index in [0.717, 1.165) is 67.4 Å². The predicted molar refractivity (Wildman–Crippen MR) is 126 cm³/mol. The van der Waals surface area contributed by atoms with E-state index in [-0.39, 0.29) is 17.6 Å². The van der Waals surface area contributed by atoms with Crippen molar-refractivity contribution in [2.24, 2.45) is 16.6 Å². The molecule has 0 atom stereocenters. The number of primary amides is 1. The van der Waals surface area contributed by atoms with E-state index in [9.17, 15) is 9.18 Å². The minimum absolute atomic E-state index is 0.0502. The number of aromatic nitrogens is 1. The van der Waals surface area contributed by atoms with Crippen molar-refractivity contribution < 1.29 is 9.18 Å². The Hall–Kier alpha value is -3.16. The van der Waals surface area contributed by atoms with Crippen LogP contribution in [-0.2, 0) is 17.8 Å². The summed E-state index contributed by atoms with van der Waals surface area (Å²) in [5.41, 5.74) is 8.57. The topological polar surface area (TPSA) is 95.6 Å². The summed E-state index contributed by atoms with van der Waals surface area (Å²) in [5.74, 6) is 1.17. The molecule has 1 saturated heterocycles. The lowest BCUT2D eigenvalue weighted by Crippen LogP contribution is -2.39. The standard InChI is InChI=1S/C24H33FN6O/c1-3-27-24(29-12-8-18-6-7-21(25)15-17(18)2)30-16-20-5-4-11-28-23(20)31-13-9-19(10-14-31)22(26)32/h4-7,11,15,19H,3,8-10,12-14,16H2,1-2H3,(H2,26,32)(H2,27,29,30). The fraction of sp³-hybridized carbons (Fsp3) is 0.458. The van der Waals surface area contributed by atoms with Crippen LogP contribution in [0.5, 0.6) is 0 Å². The Labute approximate surface area is 189 Å². The lowest BCUT2D eigenvalue weighted by molar-refractivity contribution is -0.122. The number of hydrogen-bond acceptors (Lipinski definition) is 4. The van der Waals surface area contributed by atoms with E-state index in [1.54, 1.807) is 12.3 Å². The fourth-order valence-corrected chi connectivity index (χ4v) is 3.98. The van der Waals surface area contributed by atoms with Crippen LogP contribution in [0, 0.1) is 18.7 Å². The normalized spacial score (nSPS) is 15.0. The number of aliphatic imine (C=N–C) groups is 1. The van der Waals surface area contributed by atoms with E-state index in [2.05, 4.69) is 20.5 Å². The number of piperidine rings is 1. The van der Waals surface area contributed by atoms with E-state index >= 15 is 0 Å². The molecule has 32 heavy (non-hydrogen) atoms. The van der Waals surface area contributed by atoms with Crippen molar-refractivity contribution in [2.75, 3.05) is 31.1 Å². The summed E-state index contributed by atoms with van der Waals surface area (Å²) in [5, 5.41) is 6.63. The minimum Gasteiger partial charge on any atom is -0.369 e. The summed E-state index contributed by atoms with van der Waals surface area (Å²) in [7, 11) is 0. The SMILES string of the molecule is CCNC(=NCc1cccnc1N1CCC(C(N)=O)CC1)NCCc1ccc(F)cc1C. The molecule has 2 heterocycles. The Morgan fingerprint density at radius 1 is 1.25 bits per heavy atom. The minimum atomic E-state index is -0.215. The third-order valence-corrected chi connectivity index (χ3v) is 5.81. The smallest absolute Gasteiger partial charge is 0.220 e. The second-order valence-electron chi connectivity index (χ2n) is 8.09. The summed E-state index contributed by atoms with van der Waals surface area (Å²) in [6.45, 7) is 7.41. The van der Waals surface area contributed by atoms with Crippen LogP contribution in [0.2, 0.25) is 0 Å². The van der Waals surface area contributed by atoms with E-state index in [1.807, 2.05) is 32.0 Å². The Bertz CT molecular complexity index is 940. The maximum atomic E-state index is 13.3. The second-order valence-corrected chi connectivity index (χ2v) is 8.09. The summed E-state index contributed by atoms with van der Waals surface area (Å²) in [4.78, 5) is 23.0. The van der Waals surface area contributed by atoms with Crippen LogP contribution in [0.15, 0.2) is 41.5 Å². The molecule has 0 aliphatic carbocycles. The molecule has 7 nitrogen and oxygen atoms in total. The number of nitrogens with two attached hydrogens (primary N) is 1. The summed E-state index contributed by atoms with van der Waals surface area (Å²) in [6.07, 6.45) is 4.07. The van der Waals surface area contributed by atoms with Crippen LogP contribution < -0.4 is 21.3 Å². The van der Waals surface area contributed by atoms with Gasteiger partial charge >= 0.3 is 0 Å². The number of hydrogen-bond donors (Lipinski definition) is 3. The van der Waals surface area contributed by atoms with E-state index in [0.29, 0.717) is 13.1 Å². The average Bonchev–Trinajstić information content (AvgIpc) is 2.79. The molecular formula is C24H33FN6O. The molecule has 0 spiro atoms. The number of aryl methyl sites for hydroxylation is 1. The van der Waals surface area contributed by atoms with Crippen LogP contribution in [0.4, 0.5) is 10.2 Å². The van der Waals surface area contributed by atoms with Crippen molar-refractivity contribution >= 4 is 17.7 Å². The van der Waals surface area contributed by atoms with Crippen molar-refractivity contribution in [2.45, 2.75) is 39.7 Å². The highest BCUT2D eigenvalue weighted by molar-refractivity contribution is 5.80. The Morgan fingerprint density at radius 2 is 2.03 bits per heavy atom. The molecule has 1 aliphatic rings. The molecule has 0 bridgehead atoms. The number of anilines is 1. The molecule has 2 aromatic rings. The Kier molecular flexibility index (Phi) is 8.41. The monoisotopic (exact) mass is 440 g/mol. The number of rotatable bonds is 8. The van der Waals surface area contributed by atoms with Gasteiger partial charge in [-0.2, -0.15) is 0 Å². The predicted octanol–water partition coefficient (Wildman–Crippen LogP) is 2.53. The van der Waals surface area contributed by atoms with Crippen molar-refractivity contribution in [3.05, 3.63) is 59.0 Å². The molecule has 172 valence electrons. The maximum absolute atomic E-state index is 13.3. The number of carbonyl (C=O) groups excluding carboxylic acids is 1. The first kappa shape index (κ1) is 23.5. The molecule has 4 N–H and O–H groups in total. The molecule has 3 rings (SSSR count). The molecule has 0 saturated carbocycles. The van der Waals surface area contributed by atoms with Crippen LogP contribution in [-0.4, -0.2) is 43.0 Å². The number of halogens is 1. The highest BCUT2D eigenvalue weighted by atomic mass is 19.1. The van der Waals surface area contributed by atoms with Gasteiger partial charge < -0.3 is 21.3 Å². The van der Waals surface area contributed by atoms with Crippen molar-refractivity contribution in [1.82, 2.24) is 15.6 Å². The van der Waals surface area contributed by atoms with Gasteiger partial charge in [0.25, 0.3) is 0 Å². The van der Waals surface area contributed by atoms with Gasteiger partial charge in [-0.25, -0.2) is 14.4 Å². The summed E-state index contributed by atoms with van der Waals surface area (Å²) >= 11 is 0. The van der Waals surface area contributed by atoms with Gasteiger partial charge in [-0.15, -0.1) is 0 Å². The summed E-state index contributed by atoms with van der Waals surface area (Å²) < 4.78 is 13.3. The molecule has 0 unspecified atom stereocenters. The molecule has 1 fully saturated rings. The largest absolute Gasteiger partial charge is 0.369 e. The van der Waals surface area contributed by atoms with Gasteiger partial charge in [0.15, 0.2) is 5.96 Å². The fourth-order valence-electron chi connectivity index (χ4n) is 3.98. The van der Waals surface area contributed by atoms with Crippen LogP contribution in [0.3, 0.4) is 0 Å². The molecule has 1 aromatic carbocycles. The van der Waals surface area contributed by atoms with Crippen molar-refractivity contribution in [1.29, 1.82) is 0 Å². The molecular weight excluding hydrogens is 407 g/mol. The number of guanidine groups is 1. The van der Waals surface area contributed by atoms with Gasteiger partial charge in [0.2, 0.25) is 5.91 Å². The Morgan fingerprint density at radius 3 is 2.72 bits per heavy atom. The third-order valence-electron chi connectivity index (χ3n) is 5.81. The highest BCUT2D eigenvalue weighted by Crippen LogP contribution is 2.24. The van der Waals surface area contributed by atoms with Crippen LogP contribution >= 0.6 is 0 Å². The first-order chi connectivity index (χ1) is 15.5. The molecule has 1 amide bonds. The maximum Gasteiger partial charge on any atom is 0.220 e. The number of carbonyl (C=O) groups is 1. The van der Waals surface area contributed by atoms with E-state index < -0.39 is 0 Å². The zero-order valence-corrected chi connectivity index (χ0v) is 18.9. The number of pyridine rings is 1.